The van der Waals surface area contributed by atoms with Gasteiger partial charge in [-0.2, -0.15) is 0 Å². The van der Waals surface area contributed by atoms with Crippen LogP contribution in [-0.2, 0) is 0 Å². The fourth-order valence-corrected chi connectivity index (χ4v) is 2.99. The summed E-state index contributed by atoms with van der Waals surface area (Å²) in [6.45, 7) is 2.04. The van der Waals surface area contributed by atoms with Crippen LogP contribution in [0.5, 0.6) is 0 Å². The maximum Gasteiger partial charge on any atom is 0.202 e. The van der Waals surface area contributed by atoms with Crippen molar-refractivity contribution >= 4 is 22.5 Å². The highest BCUT2D eigenvalue weighted by Crippen LogP contribution is 2.20. The number of benzene rings is 3. The molecule has 0 saturated carbocycles. The van der Waals surface area contributed by atoms with E-state index in [1.165, 1.54) is 5.56 Å². The van der Waals surface area contributed by atoms with E-state index in [1.54, 1.807) is 6.33 Å². The lowest BCUT2D eigenvalue weighted by atomic mass is 10.1. The molecule has 0 spiro atoms. The number of anilines is 1. The fourth-order valence-electron chi connectivity index (χ4n) is 2.99. The first-order valence-corrected chi connectivity index (χ1v) is 8.81. The first kappa shape index (κ1) is 17.0. The van der Waals surface area contributed by atoms with Crippen LogP contribution in [0.4, 0.5) is 5.69 Å². The molecule has 1 atom stereocenters. The van der Waals surface area contributed by atoms with E-state index in [-0.39, 0.29) is 5.78 Å². The van der Waals surface area contributed by atoms with Gasteiger partial charge >= 0.3 is 0 Å². The maximum absolute atomic E-state index is 13.2. The zero-order valence-electron chi connectivity index (χ0n) is 15.0. The molecule has 0 fully saturated rings. The van der Waals surface area contributed by atoms with E-state index in [2.05, 4.69) is 15.8 Å². The van der Waals surface area contributed by atoms with E-state index < -0.39 is 6.17 Å². The van der Waals surface area contributed by atoms with E-state index in [0.29, 0.717) is 5.56 Å². The average Bonchev–Trinajstić information content (AvgIpc) is 3.14. The molecule has 5 heteroatoms. The molecule has 27 heavy (non-hydrogen) atoms. The zero-order valence-corrected chi connectivity index (χ0v) is 15.0. The Hall–Kier alpha value is -3.44. The number of hydrogen-bond acceptors (Lipinski definition) is 4. The Balaban J connectivity index is 1.68. The number of hydrogen-bond donors (Lipinski definition) is 2. The van der Waals surface area contributed by atoms with Gasteiger partial charge in [-0.05, 0) is 31.2 Å². The molecule has 134 valence electrons. The van der Waals surface area contributed by atoms with Crippen LogP contribution in [0.25, 0.3) is 11.0 Å². The standard InChI is InChI=1S/C22H20N4O/c1-16-11-13-18(14-12-16)24-25-22(21(27)17-7-3-2-4-8-17)26-15-23-19-9-5-6-10-20(19)26/h2-15,22,24-25H,1H3. The third kappa shape index (κ3) is 3.59. The number of para-hydroxylation sites is 2. The number of rotatable bonds is 6. The molecule has 0 bridgehead atoms. The summed E-state index contributed by atoms with van der Waals surface area (Å²) in [7, 11) is 0. The summed E-state index contributed by atoms with van der Waals surface area (Å²) in [6, 6.07) is 25.0. The van der Waals surface area contributed by atoms with Crippen LogP contribution in [0.1, 0.15) is 22.1 Å². The van der Waals surface area contributed by atoms with E-state index in [0.717, 1.165) is 16.7 Å². The second kappa shape index (κ2) is 7.43. The molecule has 4 aromatic rings. The minimum Gasteiger partial charge on any atom is -0.319 e. The van der Waals surface area contributed by atoms with Gasteiger partial charge in [-0.1, -0.05) is 60.2 Å². The number of carbonyl (C=O) groups excluding carboxylic acids is 1. The highest BCUT2D eigenvalue weighted by Gasteiger charge is 2.23. The molecule has 5 nitrogen and oxygen atoms in total. The van der Waals surface area contributed by atoms with Gasteiger partial charge in [0.1, 0.15) is 0 Å². The van der Waals surface area contributed by atoms with Crippen molar-refractivity contribution in [2.45, 2.75) is 13.1 Å². The number of aryl methyl sites for hydroxylation is 1. The molecule has 1 unspecified atom stereocenters. The van der Waals surface area contributed by atoms with Gasteiger partial charge in [0.25, 0.3) is 0 Å². The van der Waals surface area contributed by atoms with Gasteiger partial charge in [0.15, 0.2) is 6.17 Å². The number of imidazole rings is 1. The predicted molar refractivity (Wildman–Crippen MR) is 107 cm³/mol. The van der Waals surface area contributed by atoms with Gasteiger partial charge in [-0.15, -0.1) is 0 Å². The summed E-state index contributed by atoms with van der Waals surface area (Å²) in [6.07, 6.45) is 1.06. The summed E-state index contributed by atoms with van der Waals surface area (Å²) < 4.78 is 1.85. The van der Waals surface area contributed by atoms with Crippen LogP contribution >= 0.6 is 0 Å². The number of hydrazine groups is 1. The Morgan fingerprint density at radius 2 is 1.63 bits per heavy atom. The first-order chi connectivity index (χ1) is 13.2. The van der Waals surface area contributed by atoms with Crippen LogP contribution in [0, 0.1) is 6.92 Å². The summed E-state index contributed by atoms with van der Waals surface area (Å²) in [5.74, 6) is -0.0432. The third-order valence-electron chi connectivity index (χ3n) is 4.47. The topological polar surface area (TPSA) is 58.9 Å². The number of ketones is 1. The molecule has 3 aromatic carbocycles. The second-order valence-corrected chi connectivity index (χ2v) is 6.41. The molecular formula is C22H20N4O. The maximum atomic E-state index is 13.2. The molecule has 0 amide bonds. The van der Waals surface area contributed by atoms with Crippen LogP contribution in [0.15, 0.2) is 85.2 Å². The molecule has 0 saturated heterocycles. The van der Waals surface area contributed by atoms with Crippen molar-refractivity contribution in [2.24, 2.45) is 0 Å². The van der Waals surface area contributed by atoms with E-state index in [9.17, 15) is 4.79 Å². The zero-order chi connectivity index (χ0) is 18.6. The predicted octanol–water partition coefficient (Wildman–Crippen LogP) is 4.34. The van der Waals surface area contributed by atoms with Crippen molar-refractivity contribution in [3.05, 3.63) is 96.3 Å². The summed E-state index contributed by atoms with van der Waals surface area (Å²) in [5, 5.41) is 0. The van der Waals surface area contributed by atoms with Gasteiger partial charge in [-0.3, -0.25) is 4.79 Å². The minimum atomic E-state index is -0.638. The Labute approximate surface area is 157 Å². The van der Waals surface area contributed by atoms with Crippen molar-refractivity contribution in [3.63, 3.8) is 0 Å². The number of Topliss-reactive ketones (excluding diaryl/α,β-unsaturated/α-hetero) is 1. The number of carbonyl (C=O) groups is 1. The van der Waals surface area contributed by atoms with Crippen LogP contribution in [0.2, 0.25) is 0 Å². The van der Waals surface area contributed by atoms with Crippen LogP contribution in [0.3, 0.4) is 0 Å². The number of nitrogens with one attached hydrogen (secondary N) is 2. The average molecular weight is 356 g/mol. The molecule has 4 rings (SSSR count). The molecule has 0 aliphatic rings. The Morgan fingerprint density at radius 3 is 2.41 bits per heavy atom. The first-order valence-electron chi connectivity index (χ1n) is 8.81. The van der Waals surface area contributed by atoms with Crippen LogP contribution < -0.4 is 10.9 Å². The Morgan fingerprint density at radius 1 is 0.926 bits per heavy atom. The van der Waals surface area contributed by atoms with E-state index >= 15 is 0 Å². The lowest BCUT2D eigenvalue weighted by Crippen LogP contribution is -2.37. The van der Waals surface area contributed by atoms with E-state index in [1.807, 2.05) is 90.4 Å². The summed E-state index contributed by atoms with van der Waals surface area (Å²) in [4.78, 5) is 17.6. The third-order valence-corrected chi connectivity index (χ3v) is 4.47. The van der Waals surface area contributed by atoms with Crippen molar-refractivity contribution in [1.29, 1.82) is 0 Å². The van der Waals surface area contributed by atoms with Gasteiger partial charge in [-0.25, -0.2) is 10.4 Å². The lowest BCUT2D eigenvalue weighted by molar-refractivity contribution is 0.0909. The monoisotopic (exact) mass is 356 g/mol. The Kier molecular flexibility index (Phi) is 4.68. The smallest absolute Gasteiger partial charge is 0.202 e. The van der Waals surface area contributed by atoms with Crippen molar-refractivity contribution in [2.75, 3.05) is 5.43 Å². The van der Waals surface area contributed by atoms with Gasteiger partial charge in [0, 0.05) is 11.3 Å². The minimum absolute atomic E-state index is 0.0432. The second-order valence-electron chi connectivity index (χ2n) is 6.41. The molecular weight excluding hydrogens is 336 g/mol. The molecule has 0 radical (unpaired) electrons. The fraction of sp³-hybridized carbons (Fsp3) is 0.0909. The number of aromatic nitrogens is 2. The number of nitrogens with zero attached hydrogens (tertiary/aromatic N) is 2. The Bertz CT molecular complexity index is 1050. The quantitative estimate of drug-likeness (QED) is 0.398. The summed E-state index contributed by atoms with van der Waals surface area (Å²) >= 11 is 0. The highest BCUT2D eigenvalue weighted by molar-refractivity contribution is 5.99. The molecule has 2 N–H and O–H groups in total. The van der Waals surface area contributed by atoms with Crippen LogP contribution in [-0.4, -0.2) is 15.3 Å². The molecule has 1 heterocycles. The van der Waals surface area contributed by atoms with Gasteiger partial charge < -0.3 is 9.99 Å². The van der Waals surface area contributed by atoms with Crippen molar-refractivity contribution in [3.8, 4) is 0 Å². The highest BCUT2D eigenvalue weighted by atomic mass is 16.1. The largest absolute Gasteiger partial charge is 0.319 e. The van der Waals surface area contributed by atoms with Gasteiger partial charge in [0.2, 0.25) is 5.78 Å². The van der Waals surface area contributed by atoms with E-state index in [4.69, 9.17) is 0 Å². The molecule has 0 aliphatic heterocycles. The van der Waals surface area contributed by atoms with Crippen molar-refractivity contribution in [1.82, 2.24) is 15.0 Å². The lowest BCUT2D eigenvalue weighted by Gasteiger charge is -2.21. The number of fused-ring (bicyclic) bond motifs is 1. The summed E-state index contributed by atoms with van der Waals surface area (Å²) in [5.41, 5.74) is 10.8. The van der Waals surface area contributed by atoms with Crippen molar-refractivity contribution < 1.29 is 4.79 Å². The molecule has 0 aliphatic carbocycles. The molecule has 1 aromatic heterocycles. The normalized spacial score (nSPS) is 12.0. The van der Waals surface area contributed by atoms with Gasteiger partial charge in [0.05, 0.1) is 17.4 Å². The SMILES string of the molecule is Cc1ccc(NNC(C(=O)c2ccccc2)n2cnc3ccccc32)cc1.